The standard InChI is InChI=1S/C23H28O7/c1-6-29-18-10-8-17(9-11-18)22(25)15(2)30-21(24)12-7-16-13-19(26-3)23(28-5)20(14-16)27-4/h8-11,13-15H,6-7,12H2,1-5H3/t15-/m1/s1. The number of hydrogen-bond donors (Lipinski definition) is 0. The molecule has 2 rings (SSSR count). The van der Waals surface area contributed by atoms with Crippen LogP contribution in [0.2, 0.25) is 0 Å². The van der Waals surface area contributed by atoms with Crippen molar-refractivity contribution >= 4 is 11.8 Å². The first-order valence-corrected chi connectivity index (χ1v) is 9.68. The molecule has 0 saturated heterocycles. The molecule has 7 nitrogen and oxygen atoms in total. The van der Waals surface area contributed by atoms with Gasteiger partial charge in [0.2, 0.25) is 11.5 Å². The highest BCUT2D eigenvalue weighted by atomic mass is 16.5. The zero-order valence-electron chi connectivity index (χ0n) is 18.0. The van der Waals surface area contributed by atoms with E-state index in [4.69, 9.17) is 23.7 Å². The molecule has 1 atom stereocenters. The second-order valence-corrected chi connectivity index (χ2v) is 6.49. The number of esters is 1. The molecule has 0 aromatic heterocycles. The molecule has 0 fully saturated rings. The van der Waals surface area contributed by atoms with E-state index < -0.39 is 12.1 Å². The van der Waals surface area contributed by atoms with E-state index in [9.17, 15) is 9.59 Å². The maximum absolute atomic E-state index is 12.5. The van der Waals surface area contributed by atoms with Crippen LogP contribution in [-0.4, -0.2) is 45.8 Å². The average molecular weight is 416 g/mol. The third kappa shape index (κ3) is 5.89. The molecule has 0 amide bonds. The lowest BCUT2D eigenvalue weighted by Gasteiger charge is -2.15. The number of methoxy groups -OCH3 is 3. The van der Waals surface area contributed by atoms with Gasteiger partial charge in [0.15, 0.2) is 17.6 Å². The Bertz CT molecular complexity index is 833. The number of benzene rings is 2. The normalized spacial score (nSPS) is 11.4. The number of carbonyl (C=O) groups is 2. The second kappa shape index (κ2) is 11.1. The molecule has 0 N–H and O–H groups in total. The minimum absolute atomic E-state index is 0.111. The summed E-state index contributed by atoms with van der Waals surface area (Å²) in [6.45, 7) is 4.00. The van der Waals surface area contributed by atoms with Gasteiger partial charge in [0.05, 0.1) is 27.9 Å². The van der Waals surface area contributed by atoms with Gasteiger partial charge in [0.1, 0.15) is 5.75 Å². The first-order valence-electron chi connectivity index (χ1n) is 9.68. The minimum atomic E-state index is -0.879. The molecule has 0 aliphatic carbocycles. The summed E-state index contributed by atoms with van der Waals surface area (Å²) in [4.78, 5) is 24.7. The van der Waals surface area contributed by atoms with Crippen LogP contribution in [0.3, 0.4) is 0 Å². The molecule has 0 aliphatic rings. The fourth-order valence-corrected chi connectivity index (χ4v) is 2.95. The summed E-state index contributed by atoms with van der Waals surface area (Å²) < 4.78 is 26.6. The van der Waals surface area contributed by atoms with Crippen molar-refractivity contribution in [3.8, 4) is 23.0 Å². The summed E-state index contributed by atoms with van der Waals surface area (Å²) in [6.07, 6.45) is -0.366. The summed E-state index contributed by atoms with van der Waals surface area (Å²) in [5, 5.41) is 0. The van der Waals surface area contributed by atoms with Gasteiger partial charge >= 0.3 is 5.97 Å². The van der Waals surface area contributed by atoms with E-state index >= 15 is 0 Å². The van der Waals surface area contributed by atoms with Gasteiger partial charge in [-0.2, -0.15) is 0 Å². The maximum atomic E-state index is 12.5. The van der Waals surface area contributed by atoms with Crippen molar-refractivity contribution in [1.82, 2.24) is 0 Å². The summed E-state index contributed by atoms with van der Waals surface area (Å²) in [6, 6.07) is 10.3. The third-order valence-electron chi connectivity index (χ3n) is 4.47. The largest absolute Gasteiger partial charge is 0.494 e. The fourth-order valence-electron chi connectivity index (χ4n) is 2.95. The van der Waals surface area contributed by atoms with Crippen molar-refractivity contribution in [1.29, 1.82) is 0 Å². The predicted molar refractivity (Wildman–Crippen MR) is 112 cm³/mol. The molecular weight excluding hydrogens is 388 g/mol. The lowest BCUT2D eigenvalue weighted by atomic mass is 10.1. The number of rotatable bonds is 11. The van der Waals surface area contributed by atoms with E-state index in [-0.39, 0.29) is 12.2 Å². The number of aryl methyl sites for hydroxylation is 1. The van der Waals surface area contributed by atoms with Gasteiger partial charge in [-0.15, -0.1) is 0 Å². The Kier molecular flexibility index (Phi) is 8.53. The SMILES string of the molecule is CCOc1ccc(C(=O)[C@@H](C)OC(=O)CCc2cc(OC)c(OC)c(OC)c2)cc1. The van der Waals surface area contributed by atoms with Crippen LogP contribution in [0, 0.1) is 0 Å². The van der Waals surface area contributed by atoms with Gasteiger partial charge in [-0.25, -0.2) is 0 Å². The first kappa shape index (κ1) is 23.1. The minimum Gasteiger partial charge on any atom is -0.494 e. The maximum Gasteiger partial charge on any atom is 0.306 e. The lowest BCUT2D eigenvalue weighted by Crippen LogP contribution is -2.24. The highest BCUT2D eigenvalue weighted by molar-refractivity contribution is 6.00. The van der Waals surface area contributed by atoms with Crippen molar-refractivity contribution in [2.24, 2.45) is 0 Å². The molecule has 0 heterocycles. The van der Waals surface area contributed by atoms with Crippen LogP contribution in [-0.2, 0) is 16.0 Å². The van der Waals surface area contributed by atoms with Crippen molar-refractivity contribution in [3.05, 3.63) is 47.5 Å². The molecule has 2 aromatic carbocycles. The molecule has 0 radical (unpaired) electrons. The summed E-state index contributed by atoms with van der Waals surface area (Å²) >= 11 is 0. The molecule has 2 aromatic rings. The highest BCUT2D eigenvalue weighted by Crippen LogP contribution is 2.38. The lowest BCUT2D eigenvalue weighted by molar-refractivity contribution is -0.146. The molecule has 7 heteroatoms. The molecule has 0 unspecified atom stereocenters. The second-order valence-electron chi connectivity index (χ2n) is 6.49. The summed E-state index contributed by atoms with van der Waals surface area (Å²) in [7, 11) is 4.59. The van der Waals surface area contributed by atoms with Gasteiger partial charge in [-0.05, 0) is 62.2 Å². The Balaban J connectivity index is 1.96. The monoisotopic (exact) mass is 416 g/mol. The molecule has 162 valence electrons. The number of ketones is 1. The Morgan fingerprint density at radius 1 is 0.933 bits per heavy atom. The smallest absolute Gasteiger partial charge is 0.306 e. The number of hydrogen-bond acceptors (Lipinski definition) is 7. The average Bonchev–Trinajstić information content (AvgIpc) is 2.76. The van der Waals surface area contributed by atoms with E-state index in [1.165, 1.54) is 21.3 Å². The predicted octanol–water partition coefficient (Wildman–Crippen LogP) is 3.86. The van der Waals surface area contributed by atoms with E-state index in [0.29, 0.717) is 41.6 Å². The zero-order valence-corrected chi connectivity index (χ0v) is 18.0. The Labute approximate surface area is 176 Å². The van der Waals surface area contributed by atoms with Crippen LogP contribution >= 0.6 is 0 Å². The van der Waals surface area contributed by atoms with E-state index in [1.54, 1.807) is 43.3 Å². The van der Waals surface area contributed by atoms with Crippen molar-refractivity contribution in [2.75, 3.05) is 27.9 Å². The van der Waals surface area contributed by atoms with Gasteiger partial charge in [-0.1, -0.05) is 0 Å². The van der Waals surface area contributed by atoms with Crippen LogP contribution in [0.1, 0.15) is 36.2 Å². The molecule has 0 bridgehead atoms. The van der Waals surface area contributed by atoms with E-state index in [0.717, 1.165) is 5.56 Å². The van der Waals surface area contributed by atoms with Gasteiger partial charge in [-0.3, -0.25) is 9.59 Å². The number of Topliss-reactive ketones (excluding diaryl/α,β-unsaturated/α-hetero) is 1. The molecular formula is C23H28O7. The number of ether oxygens (including phenoxy) is 5. The van der Waals surface area contributed by atoms with Crippen LogP contribution < -0.4 is 18.9 Å². The van der Waals surface area contributed by atoms with Crippen LogP contribution in [0.25, 0.3) is 0 Å². The Hall–Kier alpha value is -3.22. The highest BCUT2D eigenvalue weighted by Gasteiger charge is 2.20. The van der Waals surface area contributed by atoms with Gasteiger partial charge < -0.3 is 23.7 Å². The van der Waals surface area contributed by atoms with Gasteiger partial charge in [0.25, 0.3) is 0 Å². The zero-order chi connectivity index (χ0) is 22.1. The quantitative estimate of drug-likeness (QED) is 0.406. The van der Waals surface area contributed by atoms with Crippen molar-refractivity contribution < 1.29 is 33.3 Å². The Morgan fingerprint density at radius 3 is 2.03 bits per heavy atom. The van der Waals surface area contributed by atoms with Crippen molar-refractivity contribution in [3.63, 3.8) is 0 Å². The molecule has 0 aliphatic heterocycles. The topological polar surface area (TPSA) is 80.3 Å². The Morgan fingerprint density at radius 2 is 1.53 bits per heavy atom. The summed E-state index contributed by atoms with van der Waals surface area (Å²) in [5.74, 6) is 1.47. The molecule has 0 saturated carbocycles. The van der Waals surface area contributed by atoms with Crippen LogP contribution in [0.5, 0.6) is 23.0 Å². The molecule has 30 heavy (non-hydrogen) atoms. The third-order valence-corrected chi connectivity index (χ3v) is 4.47. The van der Waals surface area contributed by atoms with Crippen LogP contribution in [0.15, 0.2) is 36.4 Å². The van der Waals surface area contributed by atoms with Gasteiger partial charge in [0, 0.05) is 12.0 Å². The summed E-state index contributed by atoms with van der Waals surface area (Å²) in [5.41, 5.74) is 1.29. The van der Waals surface area contributed by atoms with Crippen molar-refractivity contribution in [2.45, 2.75) is 32.8 Å². The molecule has 0 spiro atoms. The van der Waals surface area contributed by atoms with E-state index in [1.807, 2.05) is 6.92 Å². The number of carbonyl (C=O) groups excluding carboxylic acids is 2. The van der Waals surface area contributed by atoms with Crippen LogP contribution in [0.4, 0.5) is 0 Å². The van der Waals surface area contributed by atoms with E-state index in [2.05, 4.69) is 0 Å². The fraction of sp³-hybridized carbons (Fsp3) is 0.391. The first-order chi connectivity index (χ1) is 14.4.